The minimum Gasteiger partial charge on any atom is -0.377 e. The first kappa shape index (κ1) is 21.5. The third kappa shape index (κ3) is 5.92. The second kappa shape index (κ2) is 11.1. The Bertz CT molecular complexity index is 248. The van der Waals surface area contributed by atoms with Crippen molar-refractivity contribution in [1.29, 1.82) is 0 Å². The predicted octanol–water partition coefficient (Wildman–Crippen LogP) is 2.18. The fourth-order valence-corrected chi connectivity index (χ4v) is 8.82. The Hall–Kier alpha value is 0.544. The van der Waals surface area contributed by atoms with E-state index in [-0.39, 0.29) is 4.87 Å². The summed E-state index contributed by atoms with van der Waals surface area (Å²) in [5.41, 5.74) is 0. The van der Waals surface area contributed by atoms with Crippen LogP contribution in [0.3, 0.4) is 0 Å². The molecule has 0 aliphatic rings. The Balaban J connectivity index is 4.42. The van der Waals surface area contributed by atoms with Gasteiger partial charge < -0.3 is 26.6 Å². The number of hydrogen-bond donors (Lipinski definition) is 0. The van der Waals surface area contributed by atoms with Gasteiger partial charge >= 0.3 is 17.6 Å². The van der Waals surface area contributed by atoms with Crippen molar-refractivity contribution in [3.8, 4) is 0 Å². The van der Waals surface area contributed by atoms with E-state index < -0.39 is 17.6 Å². The van der Waals surface area contributed by atoms with E-state index in [9.17, 15) is 0 Å². The molecule has 128 valence electrons. The molecule has 0 heterocycles. The van der Waals surface area contributed by atoms with Gasteiger partial charge in [0.2, 0.25) is 0 Å². The Kier molecular flexibility index (Phi) is 11.4. The molecule has 1 unspecified atom stereocenters. The molecule has 0 amide bonds. The Morgan fingerprint density at radius 2 is 1.29 bits per heavy atom. The fraction of sp³-hybridized carbons (Fsp3) is 1.00. The van der Waals surface area contributed by atoms with E-state index in [4.69, 9.17) is 26.6 Å². The van der Waals surface area contributed by atoms with E-state index in [2.05, 4.69) is 6.92 Å². The maximum atomic E-state index is 5.56. The highest BCUT2D eigenvalue weighted by atomic mass is 32.2. The van der Waals surface area contributed by atoms with Gasteiger partial charge in [-0.3, -0.25) is 0 Å². The second-order valence-corrected chi connectivity index (χ2v) is 12.3. The van der Waals surface area contributed by atoms with Gasteiger partial charge in [0, 0.05) is 48.7 Å². The van der Waals surface area contributed by atoms with Crippen LogP contribution in [0.1, 0.15) is 19.8 Å². The standard InChI is InChI=1S/C12H30O6SSi2/c1-8-12(21(16-5,17-6)18-7)19-10-9-11-20(13-2,14-3)15-4/h12H,8-11H2,1-7H3. The van der Waals surface area contributed by atoms with Crippen molar-refractivity contribution >= 4 is 29.4 Å². The molecule has 6 nitrogen and oxygen atoms in total. The van der Waals surface area contributed by atoms with Crippen LogP contribution in [0, 0.1) is 0 Å². The van der Waals surface area contributed by atoms with Gasteiger partial charge in [0.25, 0.3) is 0 Å². The maximum Gasteiger partial charge on any atom is 0.513 e. The molecule has 0 saturated carbocycles. The number of rotatable bonds is 13. The van der Waals surface area contributed by atoms with Crippen LogP contribution in [0.5, 0.6) is 0 Å². The first-order valence-corrected chi connectivity index (χ1v) is 11.7. The van der Waals surface area contributed by atoms with E-state index in [1.54, 1.807) is 42.7 Å². The van der Waals surface area contributed by atoms with Gasteiger partial charge in [0.05, 0.1) is 4.87 Å². The van der Waals surface area contributed by atoms with Gasteiger partial charge in [-0.15, -0.1) is 0 Å². The van der Waals surface area contributed by atoms with Crippen molar-refractivity contribution in [2.75, 3.05) is 48.4 Å². The van der Waals surface area contributed by atoms with Crippen molar-refractivity contribution in [2.24, 2.45) is 0 Å². The highest BCUT2D eigenvalue weighted by molar-refractivity contribution is 8.01. The summed E-state index contributed by atoms with van der Waals surface area (Å²) in [6.07, 6.45) is 1.89. The Morgan fingerprint density at radius 3 is 1.62 bits per heavy atom. The zero-order valence-corrected chi connectivity index (χ0v) is 17.1. The van der Waals surface area contributed by atoms with Crippen molar-refractivity contribution in [3.63, 3.8) is 0 Å². The third-order valence-corrected chi connectivity index (χ3v) is 11.9. The van der Waals surface area contributed by atoms with Crippen LogP contribution in [0.15, 0.2) is 0 Å². The molecule has 0 aromatic heterocycles. The van der Waals surface area contributed by atoms with Gasteiger partial charge in [0.1, 0.15) is 0 Å². The number of thioether (sulfide) groups is 1. The molecule has 0 saturated heterocycles. The summed E-state index contributed by atoms with van der Waals surface area (Å²) in [5, 5.41) is 0. The quantitative estimate of drug-likeness (QED) is 0.369. The second-order valence-electron chi connectivity index (χ2n) is 4.38. The minimum atomic E-state index is -2.59. The number of hydrogen-bond acceptors (Lipinski definition) is 7. The molecule has 0 aliphatic heterocycles. The molecule has 0 aromatic carbocycles. The lowest BCUT2D eigenvalue weighted by Crippen LogP contribution is -2.52. The molecule has 0 aliphatic carbocycles. The van der Waals surface area contributed by atoms with Crippen molar-refractivity contribution in [3.05, 3.63) is 0 Å². The smallest absolute Gasteiger partial charge is 0.377 e. The maximum absolute atomic E-state index is 5.56. The summed E-state index contributed by atoms with van der Waals surface area (Å²) in [5.74, 6) is 0.953. The van der Waals surface area contributed by atoms with Gasteiger partial charge in [-0.2, -0.15) is 11.8 Å². The highest BCUT2D eigenvalue weighted by Crippen LogP contribution is 2.28. The Morgan fingerprint density at radius 1 is 0.810 bits per heavy atom. The fourth-order valence-electron chi connectivity index (χ4n) is 2.18. The van der Waals surface area contributed by atoms with Crippen LogP contribution in [-0.4, -0.2) is 70.9 Å². The summed E-state index contributed by atoms with van der Waals surface area (Å²) in [4.78, 5) is 0.223. The van der Waals surface area contributed by atoms with E-state index in [1.807, 2.05) is 11.8 Å². The lowest BCUT2D eigenvalue weighted by atomic mass is 10.6. The van der Waals surface area contributed by atoms with Crippen LogP contribution < -0.4 is 0 Å². The molecular weight excluding hydrogens is 328 g/mol. The lowest BCUT2D eigenvalue weighted by Gasteiger charge is -2.31. The van der Waals surface area contributed by atoms with Gasteiger partial charge in [-0.25, -0.2) is 0 Å². The summed E-state index contributed by atoms with van der Waals surface area (Å²) in [6, 6.07) is 0.793. The molecular formula is C12H30O6SSi2. The van der Waals surface area contributed by atoms with E-state index in [0.717, 1.165) is 24.6 Å². The molecule has 0 fully saturated rings. The highest BCUT2D eigenvalue weighted by Gasteiger charge is 2.46. The predicted molar refractivity (Wildman–Crippen MR) is 89.5 cm³/mol. The average Bonchev–Trinajstić information content (AvgIpc) is 2.55. The van der Waals surface area contributed by atoms with Crippen LogP contribution >= 0.6 is 11.8 Å². The van der Waals surface area contributed by atoms with E-state index in [1.165, 1.54) is 0 Å². The largest absolute Gasteiger partial charge is 0.513 e. The van der Waals surface area contributed by atoms with Crippen molar-refractivity contribution in [2.45, 2.75) is 30.7 Å². The lowest BCUT2D eigenvalue weighted by molar-refractivity contribution is 0.121. The van der Waals surface area contributed by atoms with E-state index >= 15 is 0 Å². The van der Waals surface area contributed by atoms with Crippen LogP contribution in [0.25, 0.3) is 0 Å². The SMILES string of the molecule is CCC(SCCC[Si](OC)(OC)OC)[Si](OC)(OC)OC. The zero-order chi connectivity index (χ0) is 16.4. The molecule has 0 radical (unpaired) electrons. The van der Waals surface area contributed by atoms with Crippen molar-refractivity contribution in [1.82, 2.24) is 0 Å². The van der Waals surface area contributed by atoms with E-state index in [0.29, 0.717) is 0 Å². The molecule has 0 spiro atoms. The van der Waals surface area contributed by atoms with Gasteiger partial charge in [-0.05, 0) is 18.6 Å². The van der Waals surface area contributed by atoms with Crippen LogP contribution in [-0.2, 0) is 26.6 Å². The average molecular weight is 359 g/mol. The normalized spacial score (nSPS) is 14.4. The van der Waals surface area contributed by atoms with Crippen LogP contribution in [0.4, 0.5) is 0 Å². The molecule has 0 N–H and O–H groups in total. The van der Waals surface area contributed by atoms with Crippen LogP contribution in [0.2, 0.25) is 6.04 Å². The molecule has 21 heavy (non-hydrogen) atoms. The zero-order valence-electron chi connectivity index (χ0n) is 14.3. The topological polar surface area (TPSA) is 55.4 Å². The summed E-state index contributed by atoms with van der Waals surface area (Å²) in [7, 11) is 4.82. The molecule has 1 atom stereocenters. The molecule has 0 bridgehead atoms. The molecule has 9 heteroatoms. The first-order chi connectivity index (χ1) is 10.0. The Labute approximate surface area is 135 Å². The van der Waals surface area contributed by atoms with Gasteiger partial charge in [0.15, 0.2) is 0 Å². The summed E-state index contributed by atoms with van der Waals surface area (Å²) < 4.78 is 32.9. The molecule has 0 aromatic rings. The summed E-state index contributed by atoms with van der Waals surface area (Å²) >= 11 is 1.82. The van der Waals surface area contributed by atoms with Gasteiger partial charge in [-0.1, -0.05) is 6.92 Å². The minimum absolute atomic E-state index is 0.223. The molecule has 0 rings (SSSR count). The monoisotopic (exact) mass is 358 g/mol. The third-order valence-electron chi connectivity index (χ3n) is 3.50. The summed E-state index contributed by atoms with van der Waals surface area (Å²) in [6.45, 7) is 2.12. The van der Waals surface area contributed by atoms with Crippen molar-refractivity contribution < 1.29 is 26.6 Å². The first-order valence-electron chi connectivity index (χ1n) is 6.96.